The first-order valence-corrected chi connectivity index (χ1v) is 12.6. The summed E-state index contributed by atoms with van der Waals surface area (Å²) in [6.07, 6.45) is 4.70. The quantitative estimate of drug-likeness (QED) is 0.569. The summed E-state index contributed by atoms with van der Waals surface area (Å²) >= 11 is 0. The first-order valence-electron chi connectivity index (χ1n) is 9.63. The monoisotopic (exact) mass is 363 g/mol. The molecule has 25 heavy (non-hydrogen) atoms. The Kier molecular flexibility index (Phi) is 6.57. The molecule has 3 N–H and O–H groups in total. The second-order valence-electron chi connectivity index (χ2n) is 8.84. The molecule has 1 aliphatic heterocycles. The third-order valence-electron chi connectivity index (χ3n) is 6.31. The van der Waals surface area contributed by atoms with Crippen LogP contribution in [0.1, 0.15) is 39.5 Å². The largest absolute Gasteiger partial charge is 0.432 e. The Morgan fingerprint density at radius 3 is 2.28 bits per heavy atom. The van der Waals surface area contributed by atoms with Crippen molar-refractivity contribution in [3.8, 4) is 0 Å². The smallest absolute Gasteiger partial charge is 0.188 e. The van der Waals surface area contributed by atoms with Gasteiger partial charge in [0.25, 0.3) is 0 Å². The van der Waals surface area contributed by atoms with E-state index in [1.807, 2.05) is 12.1 Å². The molecule has 0 atom stereocenters. The maximum absolute atomic E-state index is 10.4. The summed E-state index contributed by atoms with van der Waals surface area (Å²) in [4.78, 5) is 15.4. The Morgan fingerprint density at radius 2 is 1.76 bits per heavy atom. The first kappa shape index (κ1) is 20.3. The molecule has 5 heteroatoms. The normalized spacial score (nSPS) is 17.3. The van der Waals surface area contributed by atoms with E-state index in [2.05, 4.69) is 55.9 Å². The lowest BCUT2D eigenvalue weighted by molar-refractivity contribution is 0.201. The van der Waals surface area contributed by atoms with E-state index in [0.29, 0.717) is 6.04 Å². The predicted octanol–water partition coefficient (Wildman–Crippen LogP) is 3.93. The van der Waals surface area contributed by atoms with Crippen LogP contribution in [0.25, 0.3) is 0 Å². The van der Waals surface area contributed by atoms with E-state index in [-0.39, 0.29) is 5.04 Å². The molecule has 0 spiro atoms. The van der Waals surface area contributed by atoms with E-state index in [4.69, 9.17) is 5.73 Å². The van der Waals surface area contributed by atoms with Crippen molar-refractivity contribution in [2.45, 2.75) is 63.7 Å². The van der Waals surface area contributed by atoms with E-state index >= 15 is 0 Å². The van der Waals surface area contributed by atoms with E-state index in [9.17, 15) is 4.80 Å². The molecule has 0 unspecified atom stereocenters. The molecule has 1 fully saturated rings. The number of nitrogens with zero attached hydrogens (tertiary/aromatic N) is 2. The van der Waals surface area contributed by atoms with E-state index in [1.54, 1.807) is 0 Å². The Labute approximate surface area is 155 Å². The van der Waals surface area contributed by atoms with Crippen LogP contribution < -0.4 is 10.6 Å². The van der Waals surface area contributed by atoms with Crippen molar-refractivity contribution in [2.24, 2.45) is 0 Å². The zero-order valence-corrected chi connectivity index (χ0v) is 17.8. The van der Waals surface area contributed by atoms with Crippen molar-refractivity contribution in [3.63, 3.8) is 0 Å². The van der Waals surface area contributed by atoms with Crippen molar-refractivity contribution < 1.29 is 4.80 Å². The van der Waals surface area contributed by atoms with Crippen molar-refractivity contribution in [3.05, 3.63) is 24.3 Å². The van der Waals surface area contributed by atoms with Gasteiger partial charge in [0, 0.05) is 30.5 Å². The van der Waals surface area contributed by atoms with Gasteiger partial charge in [-0.2, -0.15) is 0 Å². The molecule has 0 radical (unpaired) electrons. The molecule has 0 amide bonds. The number of benzene rings is 1. The van der Waals surface area contributed by atoms with Gasteiger partial charge < -0.3 is 20.3 Å². The maximum Gasteiger partial charge on any atom is 0.188 e. The Morgan fingerprint density at radius 1 is 1.20 bits per heavy atom. The molecular formula is C20H37N3OSi. The van der Waals surface area contributed by atoms with Crippen LogP contribution in [-0.2, 0) is 0 Å². The van der Waals surface area contributed by atoms with Crippen molar-refractivity contribution in [1.82, 2.24) is 4.90 Å². The Balaban J connectivity index is 1.76. The molecule has 2 rings (SSSR count). The molecule has 1 aliphatic rings. The highest BCUT2D eigenvalue weighted by molar-refractivity contribution is 6.72. The molecule has 0 aliphatic carbocycles. The SMILES string of the molecule is CN(CCCC(C)(C)[Si](C)(C)O)C1CCN(c2ccc(N)cc2)CC1. The number of rotatable bonds is 7. The minimum atomic E-state index is -2.08. The molecule has 142 valence electrons. The van der Waals surface area contributed by atoms with Gasteiger partial charge in [-0.3, -0.25) is 0 Å². The number of nitrogen functional groups attached to an aromatic ring is 1. The minimum absolute atomic E-state index is 0.0896. The van der Waals surface area contributed by atoms with Crippen LogP contribution in [0.15, 0.2) is 24.3 Å². The van der Waals surface area contributed by atoms with Gasteiger partial charge >= 0.3 is 0 Å². The molecule has 1 aromatic rings. The number of nitrogens with two attached hydrogens (primary N) is 1. The van der Waals surface area contributed by atoms with Crippen molar-refractivity contribution in [1.29, 1.82) is 0 Å². The zero-order valence-electron chi connectivity index (χ0n) is 16.8. The number of anilines is 2. The number of hydrogen-bond acceptors (Lipinski definition) is 4. The highest BCUT2D eigenvalue weighted by Gasteiger charge is 2.37. The molecule has 1 aromatic carbocycles. The second-order valence-corrected chi connectivity index (χ2v) is 13.3. The van der Waals surface area contributed by atoms with Crippen LogP contribution >= 0.6 is 0 Å². The summed E-state index contributed by atoms with van der Waals surface area (Å²) in [6.45, 7) is 11.9. The summed E-state index contributed by atoms with van der Waals surface area (Å²) in [5.41, 5.74) is 7.90. The summed E-state index contributed by atoms with van der Waals surface area (Å²) in [7, 11) is 0.181. The highest BCUT2D eigenvalue weighted by atomic mass is 28.4. The van der Waals surface area contributed by atoms with Crippen LogP contribution in [0.2, 0.25) is 18.1 Å². The molecule has 1 saturated heterocycles. The zero-order chi connectivity index (χ0) is 18.7. The van der Waals surface area contributed by atoms with Crippen LogP contribution in [0.3, 0.4) is 0 Å². The predicted molar refractivity (Wildman–Crippen MR) is 112 cm³/mol. The van der Waals surface area contributed by atoms with Crippen LogP contribution in [0, 0.1) is 0 Å². The fraction of sp³-hybridized carbons (Fsp3) is 0.700. The standard InChI is InChI=1S/C20H37N3OSi/c1-20(2,25(4,5)24)13-6-14-22(3)18-11-15-23(16-12-18)19-9-7-17(21)8-10-19/h7-10,18,24H,6,11-16,21H2,1-5H3. The van der Waals surface area contributed by atoms with Crippen LogP contribution in [0.5, 0.6) is 0 Å². The Bertz CT molecular complexity index is 531. The third kappa shape index (κ3) is 5.46. The lowest BCUT2D eigenvalue weighted by atomic mass is 10.0. The topological polar surface area (TPSA) is 52.7 Å². The molecule has 4 nitrogen and oxygen atoms in total. The summed E-state index contributed by atoms with van der Waals surface area (Å²) in [5, 5.41) is 0.0896. The number of piperidine rings is 1. The van der Waals surface area contributed by atoms with Gasteiger partial charge in [0.15, 0.2) is 8.32 Å². The van der Waals surface area contributed by atoms with E-state index in [0.717, 1.165) is 31.7 Å². The number of hydrogen-bond donors (Lipinski definition) is 2. The second kappa shape index (κ2) is 8.10. The van der Waals surface area contributed by atoms with Gasteiger partial charge in [-0.15, -0.1) is 0 Å². The van der Waals surface area contributed by atoms with Gasteiger partial charge in [0.1, 0.15) is 0 Å². The lowest BCUT2D eigenvalue weighted by Crippen LogP contribution is -2.44. The lowest BCUT2D eigenvalue weighted by Gasteiger charge is -2.39. The highest BCUT2D eigenvalue weighted by Crippen LogP contribution is 2.39. The van der Waals surface area contributed by atoms with Gasteiger partial charge in [-0.1, -0.05) is 13.8 Å². The minimum Gasteiger partial charge on any atom is -0.432 e. The maximum atomic E-state index is 10.4. The summed E-state index contributed by atoms with van der Waals surface area (Å²) < 4.78 is 0. The van der Waals surface area contributed by atoms with Gasteiger partial charge in [0.05, 0.1) is 0 Å². The fourth-order valence-electron chi connectivity index (χ4n) is 3.51. The van der Waals surface area contributed by atoms with Gasteiger partial charge in [-0.05, 0) is 81.7 Å². The third-order valence-corrected chi connectivity index (χ3v) is 9.88. The van der Waals surface area contributed by atoms with Crippen LogP contribution in [-0.4, -0.2) is 50.7 Å². The average molecular weight is 364 g/mol. The van der Waals surface area contributed by atoms with E-state index < -0.39 is 8.32 Å². The molecule has 1 heterocycles. The molecule has 0 saturated carbocycles. The Hall–Kier alpha value is -1.04. The van der Waals surface area contributed by atoms with Gasteiger partial charge in [0.2, 0.25) is 0 Å². The molecular weight excluding hydrogens is 326 g/mol. The fourth-order valence-corrected chi connectivity index (χ4v) is 4.30. The van der Waals surface area contributed by atoms with Crippen LogP contribution in [0.4, 0.5) is 11.4 Å². The first-order chi connectivity index (χ1) is 11.6. The van der Waals surface area contributed by atoms with E-state index in [1.165, 1.54) is 24.9 Å². The average Bonchev–Trinajstić information content (AvgIpc) is 2.54. The summed E-state index contributed by atoms with van der Waals surface area (Å²) in [6, 6.07) is 8.90. The summed E-state index contributed by atoms with van der Waals surface area (Å²) in [5.74, 6) is 0. The molecule has 0 bridgehead atoms. The van der Waals surface area contributed by atoms with Crippen molar-refractivity contribution in [2.75, 3.05) is 37.3 Å². The van der Waals surface area contributed by atoms with Gasteiger partial charge in [-0.25, -0.2) is 0 Å². The molecule has 0 aromatic heterocycles. The van der Waals surface area contributed by atoms with Crippen molar-refractivity contribution >= 4 is 19.7 Å².